The number of halogens is 1. The summed E-state index contributed by atoms with van der Waals surface area (Å²) in [5.74, 6) is -2.38. The first-order chi connectivity index (χ1) is 13.8. The van der Waals surface area contributed by atoms with Crippen molar-refractivity contribution in [2.24, 2.45) is 0 Å². The van der Waals surface area contributed by atoms with Gasteiger partial charge in [-0.15, -0.1) is 11.3 Å². The van der Waals surface area contributed by atoms with Gasteiger partial charge < -0.3 is 4.74 Å². The first-order valence-electron chi connectivity index (χ1n) is 8.82. The van der Waals surface area contributed by atoms with Crippen molar-refractivity contribution in [3.05, 3.63) is 63.0 Å². The quantitative estimate of drug-likeness (QED) is 0.327. The molecule has 2 heterocycles. The molecule has 9 heteroatoms. The molecule has 0 aliphatic carbocycles. The van der Waals surface area contributed by atoms with E-state index in [9.17, 15) is 19.3 Å². The van der Waals surface area contributed by atoms with Gasteiger partial charge in [0.25, 0.3) is 5.69 Å². The van der Waals surface area contributed by atoms with Crippen LogP contribution < -0.4 is 0 Å². The summed E-state index contributed by atoms with van der Waals surface area (Å²) in [6.07, 6.45) is 2.44. The number of ether oxygens (including phenoxy) is 1. The number of pyridine rings is 1. The molecule has 2 aromatic heterocycles. The van der Waals surface area contributed by atoms with Gasteiger partial charge in [-0.3, -0.25) is 19.9 Å². The molecule has 0 fully saturated rings. The molecule has 0 aliphatic rings. The Hall–Kier alpha value is -3.20. The smallest absolute Gasteiger partial charge is 0.313 e. The van der Waals surface area contributed by atoms with Crippen molar-refractivity contribution < 1.29 is 18.8 Å². The highest BCUT2D eigenvalue weighted by molar-refractivity contribution is 7.13. The number of aryl methyl sites for hydroxylation is 1. The predicted molar refractivity (Wildman–Crippen MR) is 107 cm³/mol. The van der Waals surface area contributed by atoms with Crippen LogP contribution in [-0.2, 0) is 16.0 Å². The van der Waals surface area contributed by atoms with Gasteiger partial charge in [-0.25, -0.2) is 9.37 Å². The number of nitro groups is 1. The molecule has 0 amide bonds. The summed E-state index contributed by atoms with van der Waals surface area (Å²) in [5.41, 5.74) is 1.60. The fourth-order valence-electron chi connectivity index (χ4n) is 2.99. The van der Waals surface area contributed by atoms with Gasteiger partial charge in [0.05, 0.1) is 29.2 Å². The van der Waals surface area contributed by atoms with Crippen LogP contribution in [0.5, 0.6) is 0 Å². The second kappa shape index (κ2) is 8.44. The molecule has 1 atom stereocenters. The number of aromatic nitrogens is 2. The summed E-state index contributed by atoms with van der Waals surface area (Å²) >= 11 is 1.29. The van der Waals surface area contributed by atoms with Gasteiger partial charge >= 0.3 is 5.97 Å². The second-order valence-corrected chi connectivity index (χ2v) is 7.18. The largest absolute Gasteiger partial charge is 0.469 e. The Morgan fingerprint density at radius 2 is 2.14 bits per heavy atom. The van der Waals surface area contributed by atoms with Crippen molar-refractivity contribution >= 4 is 23.0 Å². The van der Waals surface area contributed by atoms with Crippen molar-refractivity contribution in [1.29, 1.82) is 0 Å². The predicted octanol–water partition coefficient (Wildman–Crippen LogP) is 4.76. The lowest BCUT2D eigenvalue weighted by Gasteiger charge is -2.12. The third-order valence-corrected chi connectivity index (χ3v) is 5.41. The van der Waals surface area contributed by atoms with E-state index < -0.39 is 22.6 Å². The molecule has 0 radical (unpaired) electrons. The lowest BCUT2D eigenvalue weighted by molar-refractivity contribution is -0.385. The number of hydrogen-bond acceptors (Lipinski definition) is 7. The summed E-state index contributed by atoms with van der Waals surface area (Å²) in [7, 11) is 1.18. The maximum absolute atomic E-state index is 14.3. The number of methoxy groups -OCH3 is 1. The first kappa shape index (κ1) is 20.5. The third kappa shape index (κ3) is 4.14. The Balaban J connectivity index is 2.14. The zero-order valence-electron chi connectivity index (χ0n) is 16.0. The summed E-state index contributed by atoms with van der Waals surface area (Å²) in [6, 6.07) is 5.75. The van der Waals surface area contributed by atoms with Gasteiger partial charge in [0, 0.05) is 28.4 Å². The highest BCUT2D eigenvalue weighted by Crippen LogP contribution is 2.39. The first-order valence-corrected chi connectivity index (χ1v) is 9.70. The fourth-order valence-corrected chi connectivity index (χ4v) is 3.80. The molecule has 1 aromatic carbocycles. The molecule has 0 spiro atoms. The van der Waals surface area contributed by atoms with Gasteiger partial charge in [-0.2, -0.15) is 0 Å². The lowest BCUT2D eigenvalue weighted by Crippen LogP contribution is -2.13. The van der Waals surface area contributed by atoms with E-state index in [1.165, 1.54) is 25.4 Å². The van der Waals surface area contributed by atoms with Crippen LogP contribution in [0, 0.1) is 15.9 Å². The number of esters is 1. The Kier molecular flexibility index (Phi) is 5.97. The van der Waals surface area contributed by atoms with E-state index in [-0.39, 0.29) is 22.5 Å². The van der Waals surface area contributed by atoms with Crippen LogP contribution in [0.2, 0.25) is 0 Å². The van der Waals surface area contributed by atoms with Crippen LogP contribution in [0.25, 0.3) is 21.8 Å². The van der Waals surface area contributed by atoms with Gasteiger partial charge in [-0.1, -0.05) is 6.92 Å². The van der Waals surface area contributed by atoms with Crippen LogP contribution in [0.3, 0.4) is 0 Å². The molecule has 0 N–H and O–H groups in total. The van der Waals surface area contributed by atoms with Crippen molar-refractivity contribution in [2.45, 2.75) is 26.2 Å². The summed E-state index contributed by atoms with van der Waals surface area (Å²) in [4.78, 5) is 31.8. The minimum absolute atomic E-state index is 0.0213. The van der Waals surface area contributed by atoms with Gasteiger partial charge in [0.15, 0.2) is 0 Å². The number of nitro benzene ring substituents is 1. The Bertz CT molecular complexity index is 1080. The van der Waals surface area contributed by atoms with Crippen LogP contribution in [-0.4, -0.2) is 28.0 Å². The van der Waals surface area contributed by atoms with Crippen LogP contribution in [0.4, 0.5) is 10.1 Å². The molecule has 0 saturated heterocycles. The molecule has 3 aromatic rings. The van der Waals surface area contributed by atoms with Crippen molar-refractivity contribution in [3.63, 3.8) is 0 Å². The maximum atomic E-state index is 14.3. The van der Waals surface area contributed by atoms with Crippen LogP contribution >= 0.6 is 11.3 Å². The second-order valence-electron chi connectivity index (χ2n) is 6.32. The zero-order chi connectivity index (χ0) is 21.1. The fraction of sp³-hybridized carbons (Fsp3) is 0.250. The number of carbonyl (C=O) groups excluding carboxylic acids is 1. The minimum atomic E-state index is -1.000. The number of rotatable bonds is 6. The molecule has 150 valence electrons. The Morgan fingerprint density at radius 1 is 1.38 bits per heavy atom. The van der Waals surface area contributed by atoms with Crippen molar-refractivity contribution in [3.8, 4) is 21.8 Å². The van der Waals surface area contributed by atoms with E-state index in [2.05, 4.69) is 14.7 Å². The van der Waals surface area contributed by atoms with E-state index in [1.54, 1.807) is 17.6 Å². The number of carbonyl (C=O) groups is 1. The van der Waals surface area contributed by atoms with Gasteiger partial charge in [0.1, 0.15) is 10.8 Å². The normalized spacial score (nSPS) is 11.9. The van der Waals surface area contributed by atoms with E-state index in [0.717, 1.165) is 29.8 Å². The number of benzene rings is 1. The minimum Gasteiger partial charge on any atom is -0.469 e. The number of thiazole rings is 1. The monoisotopic (exact) mass is 415 g/mol. The molecular weight excluding hydrogens is 397 g/mol. The van der Waals surface area contributed by atoms with Crippen molar-refractivity contribution in [2.75, 3.05) is 7.11 Å². The standard InChI is InChI=1S/C20H18FN3O4S/c1-4-14-7-12(5-6-22-14)19-23-17(10-29-19)16-9-13(21)8-15(18(16)24(26)27)11(2)20(25)28-3/h5-11H,4H2,1-3H3. The molecule has 1 unspecified atom stereocenters. The molecule has 7 nitrogen and oxygen atoms in total. The summed E-state index contributed by atoms with van der Waals surface area (Å²) in [5, 5.41) is 14.1. The molecule has 0 aliphatic heterocycles. The zero-order valence-corrected chi connectivity index (χ0v) is 16.8. The SMILES string of the molecule is CCc1cc(-c2nc(-c3cc(F)cc(C(C)C(=O)OC)c3[N+](=O)[O-])cs2)ccn1. The Morgan fingerprint density at radius 3 is 2.79 bits per heavy atom. The topological polar surface area (TPSA) is 95.2 Å². The molecular formula is C20H18FN3O4S. The van der Waals surface area contributed by atoms with E-state index >= 15 is 0 Å². The summed E-state index contributed by atoms with van der Waals surface area (Å²) < 4.78 is 19.0. The van der Waals surface area contributed by atoms with Crippen LogP contribution in [0.1, 0.15) is 31.0 Å². The number of nitrogens with zero attached hydrogens (tertiary/aromatic N) is 3. The highest BCUT2D eigenvalue weighted by Gasteiger charge is 2.30. The van der Waals surface area contributed by atoms with Gasteiger partial charge in [0.2, 0.25) is 0 Å². The molecule has 29 heavy (non-hydrogen) atoms. The van der Waals surface area contributed by atoms with E-state index in [0.29, 0.717) is 5.01 Å². The summed E-state index contributed by atoms with van der Waals surface area (Å²) in [6.45, 7) is 3.42. The average Bonchev–Trinajstić information content (AvgIpc) is 3.22. The highest BCUT2D eigenvalue weighted by atomic mass is 32.1. The third-order valence-electron chi connectivity index (χ3n) is 4.51. The molecule has 3 rings (SSSR count). The van der Waals surface area contributed by atoms with E-state index in [4.69, 9.17) is 0 Å². The maximum Gasteiger partial charge on any atom is 0.313 e. The van der Waals surface area contributed by atoms with E-state index in [1.807, 2.05) is 13.0 Å². The molecule has 0 bridgehead atoms. The number of hydrogen-bond donors (Lipinski definition) is 0. The molecule has 0 saturated carbocycles. The average molecular weight is 415 g/mol. The lowest BCUT2D eigenvalue weighted by atomic mass is 9.95. The van der Waals surface area contributed by atoms with Gasteiger partial charge in [-0.05, 0) is 37.6 Å². The Labute approximate surface area is 170 Å². The van der Waals surface area contributed by atoms with Crippen molar-refractivity contribution in [1.82, 2.24) is 9.97 Å². The van der Waals surface area contributed by atoms with Crippen LogP contribution in [0.15, 0.2) is 35.8 Å².